The van der Waals surface area contributed by atoms with E-state index in [9.17, 15) is 14.9 Å². The fourth-order valence-corrected chi connectivity index (χ4v) is 0.305. The maximum absolute atomic E-state index is 10.1. The quantitative estimate of drug-likeness (QED) is 0.315. The molecule has 0 saturated carbocycles. The summed E-state index contributed by atoms with van der Waals surface area (Å²) in [5.41, 5.74) is 0. The predicted octanol–water partition coefficient (Wildman–Crippen LogP) is 0.408. The Kier molecular flexibility index (Phi) is 3.27. The first-order chi connectivity index (χ1) is 4.13. The molecule has 4 heteroatoms. The van der Waals surface area contributed by atoms with Crippen LogP contribution in [-0.4, -0.2) is 17.3 Å². The maximum Gasteiger partial charge on any atom is 0.222 e. The lowest BCUT2D eigenvalue weighted by Gasteiger charge is -1.80. The van der Waals surface area contributed by atoms with E-state index in [-0.39, 0.29) is 12.3 Å². The monoisotopic (exact) mass is 129 g/mol. The first-order valence-electron chi connectivity index (χ1n) is 2.42. The van der Waals surface area contributed by atoms with Crippen LogP contribution in [0.5, 0.6) is 0 Å². The van der Waals surface area contributed by atoms with Crippen LogP contribution in [0.4, 0.5) is 0 Å². The van der Waals surface area contributed by atoms with Gasteiger partial charge in [0.25, 0.3) is 0 Å². The number of hydrogen-bond acceptors (Lipinski definition) is 3. The molecule has 4 nitrogen and oxygen atoms in total. The molecule has 0 N–H and O–H groups in total. The molecule has 50 valence electrons. The minimum absolute atomic E-state index is 0.170. The SMILES string of the molecule is CC(=O)/C=C/C[N+](=O)[O-]. The number of carbonyl (C=O) groups excluding carboxylic acids is 1. The summed E-state index contributed by atoms with van der Waals surface area (Å²) < 4.78 is 0. The molecule has 0 spiro atoms. The summed E-state index contributed by atoms with van der Waals surface area (Å²) in [6.07, 6.45) is 2.41. The molecule has 0 fully saturated rings. The largest absolute Gasteiger partial charge is 0.295 e. The molecule has 0 saturated heterocycles. The number of rotatable bonds is 3. The Bertz CT molecular complexity index is 150. The van der Waals surface area contributed by atoms with Gasteiger partial charge in [-0.15, -0.1) is 0 Å². The molecule has 0 radical (unpaired) electrons. The van der Waals surface area contributed by atoms with Crippen LogP contribution in [0.25, 0.3) is 0 Å². The van der Waals surface area contributed by atoms with Gasteiger partial charge in [-0.05, 0) is 19.1 Å². The number of ketones is 1. The maximum atomic E-state index is 10.1. The lowest BCUT2D eigenvalue weighted by Crippen LogP contribution is -1.96. The van der Waals surface area contributed by atoms with Crippen LogP contribution in [-0.2, 0) is 4.79 Å². The van der Waals surface area contributed by atoms with Crippen molar-refractivity contribution in [3.63, 3.8) is 0 Å². The second-order valence-electron chi connectivity index (χ2n) is 1.53. The molecule has 0 atom stereocenters. The molecule has 0 rings (SSSR count). The van der Waals surface area contributed by atoms with Crippen LogP contribution < -0.4 is 0 Å². The van der Waals surface area contributed by atoms with E-state index in [1.54, 1.807) is 0 Å². The van der Waals surface area contributed by atoms with E-state index in [2.05, 4.69) is 0 Å². The molecule has 0 aromatic rings. The number of nitrogens with zero attached hydrogens (tertiary/aromatic N) is 1. The van der Waals surface area contributed by atoms with Crippen LogP contribution in [0.3, 0.4) is 0 Å². The van der Waals surface area contributed by atoms with Crippen molar-refractivity contribution in [3.8, 4) is 0 Å². The molecular weight excluding hydrogens is 122 g/mol. The van der Waals surface area contributed by atoms with Crippen LogP contribution in [0.2, 0.25) is 0 Å². The second-order valence-corrected chi connectivity index (χ2v) is 1.53. The summed E-state index contributed by atoms with van der Waals surface area (Å²) in [6, 6.07) is 0. The third-order valence-electron chi connectivity index (χ3n) is 0.607. The highest BCUT2D eigenvalue weighted by Gasteiger charge is 1.88. The van der Waals surface area contributed by atoms with Crippen LogP contribution in [0.1, 0.15) is 6.92 Å². The highest BCUT2D eigenvalue weighted by Crippen LogP contribution is 1.75. The molecule has 0 aliphatic rings. The third kappa shape index (κ3) is 6.81. The van der Waals surface area contributed by atoms with Crippen molar-refractivity contribution >= 4 is 5.78 Å². The average molecular weight is 129 g/mol. The highest BCUT2D eigenvalue weighted by atomic mass is 16.6. The zero-order valence-corrected chi connectivity index (χ0v) is 5.03. The topological polar surface area (TPSA) is 60.2 Å². The normalized spacial score (nSPS) is 9.89. The highest BCUT2D eigenvalue weighted by molar-refractivity contribution is 5.87. The minimum Gasteiger partial charge on any atom is -0.295 e. The summed E-state index contributed by atoms with van der Waals surface area (Å²) in [7, 11) is 0. The zero-order chi connectivity index (χ0) is 7.28. The van der Waals surface area contributed by atoms with Gasteiger partial charge in [0.2, 0.25) is 6.54 Å². The van der Waals surface area contributed by atoms with Gasteiger partial charge in [-0.3, -0.25) is 14.9 Å². The van der Waals surface area contributed by atoms with E-state index >= 15 is 0 Å². The molecule has 0 aliphatic heterocycles. The number of nitro groups is 1. The summed E-state index contributed by atoms with van der Waals surface area (Å²) in [6.45, 7) is 1.07. The molecule has 0 aromatic carbocycles. The van der Waals surface area contributed by atoms with Crippen LogP contribution >= 0.6 is 0 Å². The zero-order valence-electron chi connectivity index (χ0n) is 5.03. The van der Waals surface area contributed by atoms with Gasteiger partial charge in [-0.25, -0.2) is 0 Å². The van der Waals surface area contributed by atoms with Gasteiger partial charge in [-0.2, -0.15) is 0 Å². The van der Waals surface area contributed by atoms with Gasteiger partial charge < -0.3 is 0 Å². The van der Waals surface area contributed by atoms with Crippen molar-refractivity contribution < 1.29 is 9.72 Å². The first kappa shape index (κ1) is 7.81. The van der Waals surface area contributed by atoms with E-state index in [0.717, 1.165) is 0 Å². The van der Waals surface area contributed by atoms with Gasteiger partial charge in [0.1, 0.15) is 0 Å². The lowest BCUT2D eigenvalue weighted by molar-refractivity contribution is -0.468. The second kappa shape index (κ2) is 3.77. The molecule has 0 bridgehead atoms. The van der Waals surface area contributed by atoms with Crippen LogP contribution in [0.15, 0.2) is 12.2 Å². The van der Waals surface area contributed by atoms with Gasteiger partial charge in [0, 0.05) is 4.92 Å². The van der Waals surface area contributed by atoms with E-state index in [0.29, 0.717) is 0 Å². The van der Waals surface area contributed by atoms with Crippen molar-refractivity contribution in [2.45, 2.75) is 6.92 Å². The van der Waals surface area contributed by atoms with Crippen molar-refractivity contribution in [3.05, 3.63) is 22.3 Å². The molecule has 0 unspecified atom stereocenters. The van der Waals surface area contributed by atoms with E-state index < -0.39 is 4.92 Å². The Hall–Kier alpha value is -1.19. The summed E-state index contributed by atoms with van der Waals surface area (Å²) >= 11 is 0. The standard InChI is InChI=1S/C5H7NO3/c1-5(7)3-2-4-6(8)9/h2-3H,4H2,1H3/b3-2+. The number of hydrogen-bond donors (Lipinski definition) is 0. The Morgan fingerprint density at radius 2 is 2.33 bits per heavy atom. The van der Waals surface area contributed by atoms with E-state index in [4.69, 9.17) is 0 Å². The van der Waals surface area contributed by atoms with Crippen molar-refractivity contribution in [1.82, 2.24) is 0 Å². The van der Waals surface area contributed by atoms with E-state index in [1.807, 2.05) is 0 Å². The third-order valence-corrected chi connectivity index (χ3v) is 0.607. The fourth-order valence-electron chi connectivity index (χ4n) is 0.305. The van der Waals surface area contributed by atoms with E-state index in [1.165, 1.54) is 19.1 Å². The summed E-state index contributed by atoms with van der Waals surface area (Å²) in [5, 5.41) is 9.62. The summed E-state index contributed by atoms with van der Waals surface area (Å²) in [5.74, 6) is -0.170. The summed E-state index contributed by atoms with van der Waals surface area (Å²) in [4.78, 5) is 19.2. The molecule has 0 aliphatic carbocycles. The van der Waals surface area contributed by atoms with Crippen molar-refractivity contribution in [2.24, 2.45) is 0 Å². The molecule has 9 heavy (non-hydrogen) atoms. The molecule has 0 heterocycles. The van der Waals surface area contributed by atoms with Gasteiger partial charge >= 0.3 is 0 Å². The molecular formula is C5H7NO3. The fraction of sp³-hybridized carbons (Fsp3) is 0.400. The van der Waals surface area contributed by atoms with Gasteiger partial charge in [-0.1, -0.05) is 0 Å². The molecule has 0 aromatic heterocycles. The Labute approximate surface area is 52.3 Å². The minimum atomic E-state index is -0.501. The van der Waals surface area contributed by atoms with Gasteiger partial charge in [0.15, 0.2) is 5.78 Å². The Morgan fingerprint density at radius 1 is 1.78 bits per heavy atom. The van der Waals surface area contributed by atoms with Gasteiger partial charge in [0.05, 0.1) is 0 Å². The predicted molar refractivity (Wildman–Crippen MR) is 31.7 cm³/mol. The van der Waals surface area contributed by atoms with Crippen molar-refractivity contribution in [1.29, 1.82) is 0 Å². The average Bonchev–Trinajstić information content (AvgIpc) is 1.63. The lowest BCUT2D eigenvalue weighted by atomic mass is 10.4. The Balaban J connectivity index is 3.48. The first-order valence-corrected chi connectivity index (χ1v) is 2.42. The molecule has 0 amide bonds. The smallest absolute Gasteiger partial charge is 0.222 e. The van der Waals surface area contributed by atoms with Crippen LogP contribution in [0, 0.1) is 10.1 Å². The Morgan fingerprint density at radius 3 is 2.67 bits per heavy atom. The van der Waals surface area contributed by atoms with Crippen molar-refractivity contribution in [2.75, 3.05) is 6.54 Å². The number of carbonyl (C=O) groups is 1. The number of allylic oxidation sites excluding steroid dienone is 1.